The molecule has 1 heterocycles. The van der Waals surface area contributed by atoms with Crippen molar-refractivity contribution in [2.45, 2.75) is 19.3 Å². The minimum absolute atomic E-state index is 0.00166. The predicted molar refractivity (Wildman–Crippen MR) is 71.5 cm³/mol. The average Bonchev–Trinajstić information content (AvgIpc) is 2.34. The van der Waals surface area contributed by atoms with Gasteiger partial charge < -0.3 is 10.1 Å². The molecule has 0 bridgehead atoms. The van der Waals surface area contributed by atoms with Crippen LogP contribution >= 0.6 is 11.6 Å². The zero-order valence-corrected chi connectivity index (χ0v) is 11.4. The minimum Gasteiger partial charge on any atom is -0.381 e. The molecule has 4 heteroatoms. The van der Waals surface area contributed by atoms with Crippen LogP contribution in [0.1, 0.15) is 18.4 Å². The second-order valence-corrected chi connectivity index (χ2v) is 5.54. The second kappa shape index (κ2) is 6.00. The van der Waals surface area contributed by atoms with Crippen molar-refractivity contribution in [3.63, 3.8) is 0 Å². The lowest BCUT2D eigenvalue weighted by atomic mass is 9.77. The quantitative estimate of drug-likeness (QED) is 0.909. The van der Waals surface area contributed by atoms with E-state index in [1.54, 1.807) is 12.1 Å². The van der Waals surface area contributed by atoms with Crippen molar-refractivity contribution in [1.82, 2.24) is 5.32 Å². The summed E-state index contributed by atoms with van der Waals surface area (Å²) >= 11 is 5.78. The summed E-state index contributed by atoms with van der Waals surface area (Å²) in [5.74, 6) is -0.219. The van der Waals surface area contributed by atoms with Crippen molar-refractivity contribution < 1.29 is 9.13 Å². The molecule has 0 amide bonds. The van der Waals surface area contributed by atoms with E-state index in [2.05, 4.69) is 5.32 Å². The van der Waals surface area contributed by atoms with E-state index in [4.69, 9.17) is 16.3 Å². The molecule has 0 saturated carbocycles. The fourth-order valence-corrected chi connectivity index (χ4v) is 2.85. The van der Waals surface area contributed by atoms with E-state index in [-0.39, 0.29) is 11.2 Å². The van der Waals surface area contributed by atoms with E-state index >= 15 is 0 Å². The molecule has 100 valence electrons. The summed E-state index contributed by atoms with van der Waals surface area (Å²) < 4.78 is 19.5. The maximum Gasteiger partial charge on any atom is 0.127 e. The largest absolute Gasteiger partial charge is 0.381 e. The van der Waals surface area contributed by atoms with E-state index in [0.717, 1.165) is 31.6 Å². The number of halogens is 2. The zero-order chi connectivity index (χ0) is 13.0. The summed E-state index contributed by atoms with van der Waals surface area (Å²) in [5.41, 5.74) is 0.724. The Bertz CT molecular complexity index is 399. The SMILES string of the molecule is CNCC1(Cc2ccc(Cl)cc2F)CCCOC1. The van der Waals surface area contributed by atoms with Gasteiger partial charge in [-0.05, 0) is 44.0 Å². The van der Waals surface area contributed by atoms with Crippen molar-refractivity contribution in [2.24, 2.45) is 5.41 Å². The molecular formula is C14H19ClFNO. The molecule has 0 aliphatic carbocycles. The Morgan fingerprint density at radius 1 is 1.50 bits per heavy atom. The molecule has 1 aliphatic heterocycles. The van der Waals surface area contributed by atoms with Crippen LogP contribution in [0.2, 0.25) is 5.02 Å². The van der Waals surface area contributed by atoms with Gasteiger partial charge in [0, 0.05) is 23.6 Å². The van der Waals surface area contributed by atoms with Crippen LogP contribution in [0.15, 0.2) is 18.2 Å². The van der Waals surface area contributed by atoms with Gasteiger partial charge in [-0.2, -0.15) is 0 Å². The first-order valence-electron chi connectivity index (χ1n) is 6.31. The van der Waals surface area contributed by atoms with Gasteiger partial charge in [0.1, 0.15) is 5.82 Å². The third-order valence-corrected chi connectivity index (χ3v) is 3.77. The molecule has 18 heavy (non-hydrogen) atoms. The van der Waals surface area contributed by atoms with Crippen molar-refractivity contribution in [2.75, 3.05) is 26.8 Å². The number of rotatable bonds is 4. The standard InChI is InChI=1S/C14H19ClFNO/c1-17-9-14(5-2-6-18-10-14)8-11-3-4-12(15)7-13(11)16/h3-4,7,17H,2,5-6,8-10H2,1H3. The van der Waals surface area contributed by atoms with Gasteiger partial charge in [0.25, 0.3) is 0 Å². The summed E-state index contributed by atoms with van der Waals surface area (Å²) in [7, 11) is 1.93. The van der Waals surface area contributed by atoms with Gasteiger partial charge in [-0.15, -0.1) is 0 Å². The van der Waals surface area contributed by atoms with Crippen LogP contribution in [0.4, 0.5) is 4.39 Å². The number of hydrogen-bond donors (Lipinski definition) is 1. The number of hydrogen-bond acceptors (Lipinski definition) is 2. The molecule has 1 aliphatic rings. The Hall–Kier alpha value is -0.640. The normalized spacial score (nSPS) is 24.2. The van der Waals surface area contributed by atoms with Gasteiger partial charge in [-0.1, -0.05) is 17.7 Å². The van der Waals surface area contributed by atoms with Crippen molar-refractivity contribution in [3.05, 3.63) is 34.6 Å². The van der Waals surface area contributed by atoms with E-state index in [0.29, 0.717) is 18.1 Å². The topological polar surface area (TPSA) is 21.3 Å². The molecular weight excluding hydrogens is 253 g/mol. The predicted octanol–water partition coefficient (Wildman–Crippen LogP) is 3.04. The lowest BCUT2D eigenvalue weighted by molar-refractivity contribution is -0.00661. The molecule has 2 nitrogen and oxygen atoms in total. The highest BCUT2D eigenvalue weighted by Crippen LogP contribution is 2.33. The molecule has 1 unspecified atom stereocenters. The Balaban J connectivity index is 2.17. The average molecular weight is 272 g/mol. The first-order valence-corrected chi connectivity index (χ1v) is 6.69. The maximum atomic E-state index is 13.9. The van der Waals surface area contributed by atoms with Gasteiger partial charge >= 0.3 is 0 Å². The minimum atomic E-state index is -0.219. The molecule has 0 aromatic heterocycles. The van der Waals surface area contributed by atoms with Crippen LogP contribution in [-0.4, -0.2) is 26.8 Å². The number of nitrogens with one attached hydrogen (secondary N) is 1. The first-order chi connectivity index (χ1) is 8.65. The highest BCUT2D eigenvalue weighted by atomic mass is 35.5. The zero-order valence-electron chi connectivity index (χ0n) is 10.6. The smallest absolute Gasteiger partial charge is 0.127 e. The molecule has 1 N–H and O–H groups in total. The van der Waals surface area contributed by atoms with E-state index in [9.17, 15) is 4.39 Å². The molecule has 1 atom stereocenters. The lowest BCUT2D eigenvalue weighted by Crippen LogP contribution is -2.41. The summed E-state index contributed by atoms with van der Waals surface area (Å²) in [4.78, 5) is 0. The van der Waals surface area contributed by atoms with Crippen LogP contribution in [-0.2, 0) is 11.2 Å². The van der Waals surface area contributed by atoms with Gasteiger partial charge in [-0.25, -0.2) is 4.39 Å². The molecule has 0 spiro atoms. The van der Waals surface area contributed by atoms with E-state index < -0.39 is 0 Å². The third-order valence-electron chi connectivity index (χ3n) is 3.54. The molecule has 1 saturated heterocycles. The van der Waals surface area contributed by atoms with Crippen LogP contribution in [0, 0.1) is 11.2 Å². The monoisotopic (exact) mass is 271 g/mol. The van der Waals surface area contributed by atoms with Gasteiger partial charge in [0.05, 0.1) is 6.61 Å². The fraction of sp³-hybridized carbons (Fsp3) is 0.571. The Labute approximate surface area is 112 Å². The van der Waals surface area contributed by atoms with Crippen LogP contribution in [0.5, 0.6) is 0 Å². The molecule has 1 aromatic carbocycles. The second-order valence-electron chi connectivity index (χ2n) is 5.10. The van der Waals surface area contributed by atoms with Gasteiger partial charge in [0.15, 0.2) is 0 Å². The fourth-order valence-electron chi connectivity index (χ4n) is 2.70. The summed E-state index contributed by atoms with van der Waals surface area (Å²) in [5, 5.41) is 3.64. The van der Waals surface area contributed by atoms with E-state index in [1.165, 1.54) is 6.07 Å². The number of benzene rings is 1. The van der Waals surface area contributed by atoms with Crippen LogP contribution < -0.4 is 5.32 Å². The molecule has 0 radical (unpaired) electrons. The maximum absolute atomic E-state index is 13.9. The van der Waals surface area contributed by atoms with Gasteiger partial charge in [-0.3, -0.25) is 0 Å². The molecule has 2 rings (SSSR count). The Morgan fingerprint density at radius 3 is 2.94 bits per heavy atom. The Morgan fingerprint density at radius 2 is 2.33 bits per heavy atom. The van der Waals surface area contributed by atoms with Crippen molar-refractivity contribution in [3.8, 4) is 0 Å². The highest BCUT2D eigenvalue weighted by molar-refractivity contribution is 6.30. The number of ether oxygens (including phenoxy) is 1. The van der Waals surface area contributed by atoms with Crippen LogP contribution in [0.3, 0.4) is 0 Å². The highest BCUT2D eigenvalue weighted by Gasteiger charge is 2.33. The Kier molecular flexibility index (Phi) is 4.60. The van der Waals surface area contributed by atoms with Crippen molar-refractivity contribution in [1.29, 1.82) is 0 Å². The lowest BCUT2D eigenvalue weighted by Gasteiger charge is -2.37. The molecule has 1 aromatic rings. The molecule has 1 fully saturated rings. The summed E-state index contributed by atoms with van der Waals surface area (Å²) in [6.07, 6.45) is 2.80. The van der Waals surface area contributed by atoms with Crippen LogP contribution in [0.25, 0.3) is 0 Å². The summed E-state index contributed by atoms with van der Waals surface area (Å²) in [6, 6.07) is 4.91. The van der Waals surface area contributed by atoms with E-state index in [1.807, 2.05) is 7.05 Å². The third kappa shape index (κ3) is 3.22. The first kappa shape index (κ1) is 13.8. The van der Waals surface area contributed by atoms with Crippen molar-refractivity contribution >= 4 is 11.6 Å². The summed E-state index contributed by atoms with van der Waals surface area (Å²) in [6.45, 7) is 2.35. The van der Waals surface area contributed by atoms with Gasteiger partial charge in [0.2, 0.25) is 0 Å².